The number of nitrogens with one attached hydrogen (secondary N) is 3. The number of carbonyl (C=O) groups excluding carboxylic acids is 2. The maximum Gasteiger partial charge on any atom is 0.573 e. The van der Waals surface area contributed by atoms with Gasteiger partial charge in [0.05, 0.1) is 15.9 Å². The molecule has 1 aliphatic carbocycles. The van der Waals surface area contributed by atoms with E-state index in [9.17, 15) is 27.2 Å². The van der Waals surface area contributed by atoms with Gasteiger partial charge in [0.25, 0.3) is 0 Å². The molecular formula is C25H18F4N4O4S. The third kappa shape index (κ3) is 6.48. The van der Waals surface area contributed by atoms with Crippen molar-refractivity contribution in [2.24, 2.45) is 5.92 Å². The van der Waals surface area contributed by atoms with Gasteiger partial charge in [-0.05, 0) is 49.2 Å². The number of ether oxygens (including phenoxy) is 2. The van der Waals surface area contributed by atoms with E-state index in [0.29, 0.717) is 16.4 Å². The van der Waals surface area contributed by atoms with Crippen molar-refractivity contribution < 1.29 is 36.6 Å². The number of nitrogens with zero attached hydrogens (tertiary/aromatic N) is 1. The van der Waals surface area contributed by atoms with Crippen LogP contribution in [0.3, 0.4) is 0 Å². The molecule has 5 rings (SSSR count). The summed E-state index contributed by atoms with van der Waals surface area (Å²) in [4.78, 5) is 28.7. The van der Waals surface area contributed by atoms with Crippen molar-refractivity contribution in [3.8, 4) is 17.2 Å². The van der Waals surface area contributed by atoms with Crippen molar-refractivity contribution in [1.29, 1.82) is 0 Å². The van der Waals surface area contributed by atoms with E-state index in [1.807, 2.05) is 0 Å². The average molecular weight is 547 g/mol. The minimum atomic E-state index is -4.89. The molecule has 8 nitrogen and oxygen atoms in total. The van der Waals surface area contributed by atoms with Crippen LogP contribution < -0.4 is 25.4 Å². The lowest BCUT2D eigenvalue weighted by Crippen LogP contribution is -2.20. The van der Waals surface area contributed by atoms with E-state index in [0.717, 1.165) is 35.7 Å². The van der Waals surface area contributed by atoms with Gasteiger partial charge in [0.15, 0.2) is 5.13 Å². The number of rotatable bonds is 7. The van der Waals surface area contributed by atoms with Crippen molar-refractivity contribution in [2.45, 2.75) is 19.2 Å². The number of amides is 3. The number of aromatic nitrogens is 1. The maximum absolute atomic E-state index is 14.3. The largest absolute Gasteiger partial charge is 0.573 e. The van der Waals surface area contributed by atoms with E-state index in [1.54, 1.807) is 18.2 Å². The second-order valence-corrected chi connectivity index (χ2v) is 9.34. The van der Waals surface area contributed by atoms with Crippen molar-refractivity contribution in [3.63, 3.8) is 0 Å². The number of halogens is 4. The monoisotopic (exact) mass is 546 g/mol. The van der Waals surface area contributed by atoms with E-state index in [1.165, 1.54) is 35.6 Å². The highest BCUT2D eigenvalue weighted by Crippen LogP contribution is 2.35. The van der Waals surface area contributed by atoms with Crippen LogP contribution in [0.4, 0.5) is 38.9 Å². The van der Waals surface area contributed by atoms with E-state index < -0.39 is 24.0 Å². The molecule has 0 aliphatic heterocycles. The number of hydrogen-bond acceptors (Lipinski definition) is 6. The summed E-state index contributed by atoms with van der Waals surface area (Å²) < 4.78 is 62.0. The zero-order valence-corrected chi connectivity index (χ0v) is 20.1. The Morgan fingerprint density at radius 2 is 1.68 bits per heavy atom. The highest BCUT2D eigenvalue weighted by Gasteiger charge is 2.31. The Bertz CT molecular complexity index is 1520. The summed E-state index contributed by atoms with van der Waals surface area (Å²) in [6.45, 7) is 0. The highest BCUT2D eigenvalue weighted by molar-refractivity contribution is 7.22. The summed E-state index contributed by atoms with van der Waals surface area (Å²) in [5.74, 6) is -0.628. The molecule has 13 heteroatoms. The third-order valence-electron chi connectivity index (χ3n) is 5.29. The van der Waals surface area contributed by atoms with Gasteiger partial charge in [-0.3, -0.25) is 4.79 Å². The van der Waals surface area contributed by atoms with Crippen LogP contribution in [0.1, 0.15) is 12.8 Å². The molecule has 4 aromatic rings. The van der Waals surface area contributed by atoms with E-state index in [2.05, 4.69) is 25.7 Å². The van der Waals surface area contributed by atoms with Gasteiger partial charge >= 0.3 is 12.4 Å². The van der Waals surface area contributed by atoms with Gasteiger partial charge < -0.3 is 25.4 Å². The van der Waals surface area contributed by atoms with Gasteiger partial charge in [0.2, 0.25) is 5.91 Å². The number of hydrogen-bond donors (Lipinski definition) is 3. The van der Waals surface area contributed by atoms with Crippen molar-refractivity contribution in [3.05, 3.63) is 66.5 Å². The molecule has 38 heavy (non-hydrogen) atoms. The molecule has 0 bridgehead atoms. The SMILES string of the molecule is O=C(Nc1cccc(OC(F)(F)F)c1)Nc1cc(Oc2ccc3nc(NC(=O)C4CC4)sc3c2)ccc1F. The average Bonchev–Trinajstić information content (AvgIpc) is 3.61. The van der Waals surface area contributed by atoms with E-state index >= 15 is 0 Å². The molecule has 1 saturated carbocycles. The first-order valence-corrected chi connectivity index (χ1v) is 12.1. The molecule has 0 radical (unpaired) electrons. The summed E-state index contributed by atoms with van der Waals surface area (Å²) in [7, 11) is 0. The Morgan fingerprint density at radius 1 is 0.921 bits per heavy atom. The van der Waals surface area contributed by atoms with Crippen LogP contribution >= 0.6 is 11.3 Å². The number of anilines is 3. The lowest BCUT2D eigenvalue weighted by molar-refractivity contribution is -0.274. The van der Waals surface area contributed by atoms with Gasteiger partial charge in [-0.25, -0.2) is 14.2 Å². The van der Waals surface area contributed by atoms with Gasteiger partial charge in [-0.2, -0.15) is 0 Å². The lowest BCUT2D eigenvalue weighted by Gasteiger charge is -2.12. The molecular weight excluding hydrogens is 528 g/mol. The van der Waals surface area contributed by atoms with Crippen LogP contribution in [0.15, 0.2) is 60.7 Å². The first kappa shape index (κ1) is 25.3. The fourth-order valence-corrected chi connectivity index (χ4v) is 4.33. The molecule has 3 amide bonds. The van der Waals surface area contributed by atoms with E-state index in [-0.39, 0.29) is 28.9 Å². The molecule has 1 fully saturated rings. The molecule has 1 aliphatic rings. The first-order chi connectivity index (χ1) is 18.1. The van der Waals surface area contributed by atoms with E-state index in [4.69, 9.17) is 4.74 Å². The predicted molar refractivity (Wildman–Crippen MR) is 133 cm³/mol. The summed E-state index contributed by atoms with van der Waals surface area (Å²) in [5.41, 5.74) is 0.463. The second-order valence-electron chi connectivity index (χ2n) is 8.31. The summed E-state index contributed by atoms with van der Waals surface area (Å²) in [5, 5.41) is 7.92. The van der Waals surface area contributed by atoms with Crippen LogP contribution in [0, 0.1) is 11.7 Å². The molecule has 0 saturated heterocycles. The Hall–Kier alpha value is -4.39. The maximum atomic E-state index is 14.3. The Balaban J connectivity index is 1.24. The number of thiazole rings is 1. The van der Waals surface area contributed by atoms with Crippen molar-refractivity contribution >= 4 is 50.0 Å². The molecule has 196 valence electrons. The quantitative estimate of drug-likeness (QED) is 0.214. The first-order valence-electron chi connectivity index (χ1n) is 11.2. The summed E-state index contributed by atoms with van der Waals surface area (Å²) in [6.07, 6.45) is -3.12. The van der Waals surface area contributed by atoms with Crippen LogP contribution in [0.5, 0.6) is 17.2 Å². The molecule has 3 N–H and O–H groups in total. The second kappa shape index (κ2) is 10.2. The standard InChI is InChI=1S/C25H18F4N4O4S/c26-18-8-6-15(11-20(18)31-23(35)30-14-2-1-3-17(10-14)37-25(27,28)29)36-16-7-9-19-21(12-16)38-24(32-19)33-22(34)13-4-5-13/h1-3,6-13H,4-5H2,(H2,30,31,35)(H,32,33,34). The zero-order chi connectivity index (χ0) is 26.9. The fourth-order valence-electron chi connectivity index (χ4n) is 3.43. The van der Waals surface area contributed by atoms with Crippen molar-refractivity contribution in [2.75, 3.05) is 16.0 Å². The number of alkyl halides is 3. The minimum absolute atomic E-state index is 0.00242. The smallest absolute Gasteiger partial charge is 0.457 e. The normalized spacial score (nSPS) is 13.2. The Morgan fingerprint density at radius 3 is 2.45 bits per heavy atom. The predicted octanol–water partition coefficient (Wildman–Crippen LogP) is 7.12. The summed E-state index contributed by atoms with van der Waals surface area (Å²) >= 11 is 1.29. The molecule has 1 heterocycles. The van der Waals surface area contributed by atoms with Crippen LogP contribution in [-0.4, -0.2) is 23.3 Å². The van der Waals surface area contributed by atoms with Gasteiger partial charge in [0.1, 0.15) is 23.1 Å². The van der Waals surface area contributed by atoms with Gasteiger partial charge in [-0.1, -0.05) is 17.4 Å². The Kier molecular flexibility index (Phi) is 6.76. The van der Waals surface area contributed by atoms with Gasteiger partial charge in [0, 0.05) is 29.8 Å². The third-order valence-corrected chi connectivity index (χ3v) is 6.22. The number of urea groups is 1. The van der Waals surface area contributed by atoms with Crippen LogP contribution in [0.25, 0.3) is 10.2 Å². The van der Waals surface area contributed by atoms with Gasteiger partial charge in [-0.15, -0.1) is 13.2 Å². The van der Waals surface area contributed by atoms with Crippen LogP contribution in [0.2, 0.25) is 0 Å². The fraction of sp³-hybridized carbons (Fsp3) is 0.160. The number of fused-ring (bicyclic) bond motifs is 1. The zero-order valence-electron chi connectivity index (χ0n) is 19.3. The molecule has 1 aromatic heterocycles. The molecule has 0 atom stereocenters. The lowest BCUT2D eigenvalue weighted by atomic mass is 10.2. The number of carbonyl (C=O) groups is 2. The number of benzene rings is 3. The van der Waals surface area contributed by atoms with Crippen molar-refractivity contribution in [1.82, 2.24) is 4.98 Å². The molecule has 3 aromatic carbocycles. The molecule has 0 spiro atoms. The topological polar surface area (TPSA) is 102 Å². The Labute approximate surface area is 216 Å². The minimum Gasteiger partial charge on any atom is -0.457 e. The molecule has 0 unspecified atom stereocenters. The van der Waals surface area contributed by atoms with Crippen LogP contribution in [-0.2, 0) is 4.79 Å². The summed E-state index contributed by atoms with van der Waals surface area (Å²) in [6, 6.07) is 12.6. The highest BCUT2D eigenvalue weighted by atomic mass is 32.1.